The standard InChI is InChI=1S/C26H55NO5/c1-12-23(30-19-22(29)16-28)14-25(6,7)31-17-20(2)13-24(4,5)26(8,9)32-18-21(3)15-27(10)11/h20-23,28-29H,12-19H2,1-11H3/t20-,21+,22?,23?/m0/s1. The van der Waals surface area contributed by atoms with Gasteiger partial charge in [0.05, 0.1) is 37.1 Å². The lowest BCUT2D eigenvalue weighted by atomic mass is 9.71. The van der Waals surface area contributed by atoms with Crippen molar-refractivity contribution in [3.8, 4) is 0 Å². The Balaban J connectivity index is 4.67. The van der Waals surface area contributed by atoms with Crippen molar-refractivity contribution in [2.45, 2.75) is 105 Å². The van der Waals surface area contributed by atoms with E-state index in [-0.39, 0.29) is 35.9 Å². The van der Waals surface area contributed by atoms with Crippen molar-refractivity contribution in [2.75, 3.05) is 47.1 Å². The Morgan fingerprint density at radius 1 is 0.844 bits per heavy atom. The lowest BCUT2D eigenvalue weighted by molar-refractivity contribution is -0.124. The third-order valence-electron chi connectivity index (χ3n) is 6.56. The maximum absolute atomic E-state index is 9.54. The van der Waals surface area contributed by atoms with Crippen LogP contribution in [0, 0.1) is 17.3 Å². The number of aliphatic hydroxyl groups is 2. The molecule has 0 heterocycles. The number of ether oxygens (including phenoxy) is 3. The molecule has 0 aromatic heterocycles. The first-order valence-electron chi connectivity index (χ1n) is 12.4. The molecule has 0 aliphatic carbocycles. The first kappa shape index (κ1) is 31.8. The average Bonchev–Trinajstić information content (AvgIpc) is 2.66. The van der Waals surface area contributed by atoms with Crippen LogP contribution in [0.15, 0.2) is 0 Å². The van der Waals surface area contributed by atoms with Gasteiger partial charge in [-0.15, -0.1) is 0 Å². The Hall–Kier alpha value is -0.240. The van der Waals surface area contributed by atoms with Gasteiger partial charge in [0.15, 0.2) is 0 Å². The smallest absolute Gasteiger partial charge is 0.100 e. The van der Waals surface area contributed by atoms with Gasteiger partial charge in [0.25, 0.3) is 0 Å². The number of nitrogens with zero attached hydrogens (tertiary/aromatic N) is 1. The molecule has 6 nitrogen and oxygen atoms in total. The monoisotopic (exact) mass is 461 g/mol. The van der Waals surface area contributed by atoms with Crippen molar-refractivity contribution in [2.24, 2.45) is 17.3 Å². The highest BCUT2D eigenvalue weighted by atomic mass is 16.5. The van der Waals surface area contributed by atoms with Crippen molar-refractivity contribution < 1.29 is 24.4 Å². The van der Waals surface area contributed by atoms with E-state index in [0.717, 1.165) is 32.4 Å². The zero-order valence-electron chi connectivity index (χ0n) is 23.0. The summed E-state index contributed by atoms with van der Waals surface area (Å²) in [4.78, 5) is 2.20. The summed E-state index contributed by atoms with van der Waals surface area (Å²) < 4.78 is 18.5. The molecule has 0 aliphatic heterocycles. The fourth-order valence-electron chi connectivity index (χ4n) is 3.99. The first-order chi connectivity index (χ1) is 14.5. The van der Waals surface area contributed by atoms with E-state index in [1.807, 2.05) is 0 Å². The lowest BCUT2D eigenvalue weighted by Crippen LogP contribution is -2.44. The van der Waals surface area contributed by atoms with Crippen LogP contribution in [0.2, 0.25) is 0 Å². The van der Waals surface area contributed by atoms with Crippen molar-refractivity contribution in [3.63, 3.8) is 0 Å². The van der Waals surface area contributed by atoms with Crippen LogP contribution in [0.1, 0.15) is 81.6 Å². The van der Waals surface area contributed by atoms with Crippen LogP contribution >= 0.6 is 0 Å². The van der Waals surface area contributed by atoms with Gasteiger partial charge in [-0.2, -0.15) is 0 Å². The molecule has 0 rings (SSSR count). The first-order valence-corrected chi connectivity index (χ1v) is 12.4. The zero-order valence-corrected chi connectivity index (χ0v) is 23.0. The van der Waals surface area contributed by atoms with Crippen molar-refractivity contribution in [1.82, 2.24) is 4.90 Å². The van der Waals surface area contributed by atoms with Gasteiger partial charge >= 0.3 is 0 Å². The maximum Gasteiger partial charge on any atom is 0.100 e. The van der Waals surface area contributed by atoms with Gasteiger partial charge in [0.2, 0.25) is 0 Å². The summed E-state index contributed by atoms with van der Waals surface area (Å²) in [6.45, 7) is 22.1. The molecule has 0 amide bonds. The molecule has 4 atom stereocenters. The summed E-state index contributed by atoms with van der Waals surface area (Å²) in [7, 11) is 4.20. The van der Waals surface area contributed by atoms with E-state index in [0.29, 0.717) is 18.4 Å². The minimum Gasteiger partial charge on any atom is -0.394 e. The summed E-state index contributed by atoms with van der Waals surface area (Å²) in [6, 6.07) is 0. The van der Waals surface area contributed by atoms with Crippen LogP contribution in [-0.4, -0.2) is 85.6 Å². The normalized spacial score (nSPS) is 17.4. The third kappa shape index (κ3) is 12.9. The molecule has 0 bridgehead atoms. The average molecular weight is 462 g/mol. The minimum absolute atomic E-state index is 0.00515. The van der Waals surface area contributed by atoms with E-state index < -0.39 is 6.10 Å². The third-order valence-corrected chi connectivity index (χ3v) is 6.56. The van der Waals surface area contributed by atoms with Crippen molar-refractivity contribution in [3.05, 3.63) is 0 Å². The van der Waals surface area contributed by atoms with Crippen LogP contribution in [0.4, 0.5) is 0 Å². The minimum atomic E-state index is -0.827. The highest BCUT2D eigenvalue weighted by Gasteiger charge is 2.39. The molecule has 0 saturated heterocycles. The van der Waals surface area contributed by atoms with E-state index in [4.69, 9.17) is 19.3 Å². The molecule has 0 saturated carbocycles. The molecular weight excluding hydrogens is 406 g/mol. The largest absolute Gasteiger partial charge is 0.394 e. The molecule has 0 aromatic rings. The molecule has 0 aromatic carbocycles. The van der Waals surface area contributed by atoms with E-state index in [9.17, 15) is 5.11 Å². The highest BCUT2D eigenvalue weighted by molar-refractivity contribution is 4.89. The van der Waals surface area contributed by atoms with E-state index >= 15 is 0 Å². The summed E-state index contributed by atoms with van der Waals surface area (Å²) >= 11 is 0. The van der Waals surface area contributed by atoms with Crippen LogP contribution in [0.3, 0.4) is 0 Å². The number of aliphatic hydroxyl groups excluding tert-OH is 2. The summed E-state index contributed by atoms with van der Waals surface area (Å²) in [5.41, 5.74) is -0.545. The highest BCUT2D eigenvalue weighted by Crippen LogP contribution is 2.40. The number of rotatable bonds is 18. The van der Waals surface area contributed by atoms with Crippen LogP contribution in [0.25, 0.3) is 0 Å². The van der Waals surface area contributed by atoms with Gasteiger partial charge in [-0.05, 0) is 71.9 Å². The van der Waals surface area contributed by atoms with Crippen molar-refractivity contribution >= 4 is 0 Å². The Morgan fingerprint density at radius 2 is 1.41 bits per heavy atom. The molecule has 194 valence electrons. The van der Waals surface area contributed by atoms with E-state index in [2.05, 4.69) is 81.3 Å². The molecule has 6 heteroatoms. The molecule has 0 fully saturated rings. The Kier molecular flexibility index (Phi) is 14.1. The number of hydrogen-bond acceptors (Lipinski definition) is 6. The lowest BCUT2D eigenvalue weighted by Gasteiger charge is -2.44. The Bertz CT molecular complexity index is 493. The van der Waals surface area contributed by atoms with Gasteiger partial charge in [-0.1, -0.05) is 34.6 Å². The molecule has 0 radical (unpaired) electrons. The van der Waals surface area contributed by atoms with Gasteiger partial charge in [-0.3, -0.25) is 0 Å². The fraction of sp³-hybridized carbons (Fsp3) is 1.00. The second-order valence-corrected chi connectivity index (χ2v) is 11.9. The van der Waals surface area contributed by atoms with Gasteiger partial charge in [0.1, 0.15) is 6.10 Å². The molecule has 0 spiro atoms. The molecular formula is C26H55NO5. The van der Waals surface area contributed by atoms with Gasteiger partial charge in [0, 0.05) is 19.6 Å². The number of hydrogen-bond donors (Lipinski definition) is 2. The summed E-state index contributed by atoms with van der Waals surface area (Å²) in [6.07, 6.45) is 1.76. The predicted molar refractivity (Wildman–Crippen MR) is 133 cm³/mol. The second kappa shape index (κ2) is 14.2. The predicted octanol–water partition coefficient (Wildman–Crippen LogP) is 4.37. The topological polar surface area (TPSA) is 71.4 Å². The van der Waals surface area contributed by atoms with Gasteiger partial charge < -0.3 is 29.3 Å². The Morgan fingerprint density at radius 3 is 1.91 bits per heavy atom. The van der Waals surface area contributed by atoms with E-state index in [1.54, 1.807) is 0 Å². The van der Waals surface area contributed by atoms with Gasteiger partial charge in [-0.25, -0.2) is 0 Å². The molecule has 2 unspecified atom stereocenters. The zero-order chi connectivity index (χ0) is 25.2. The van der Waals surface area contributed by atoms with Crippen molar-refractivity contribution in [1.29, 1.82) is 0 Å². The van der Waals surface area contributed by atoms with Crippen LogP contribution < -0.4 is 0 Å². The summed E-state index contributed by atoms with van der Waals surface area (Å²) in [5.74, 6) is 0.886. The van der Waals surface area contributed by atoms with Crippen LogP contribution in [-0.2, 0) is 14.2 Å². The van der Waals surface area contributed by atoms with Crippen LogP contribution in [0.5, 0.6) is 0 Å². The second-order valence-electron chi connectivity index (χ2n) is 11.9. The van der Waals surface area contributed by atoms with E-state index in [1.165, 1.54) is 0 Å². The maximum atomic E-state index is 9.54. The molecule has 32 heavy (non-hydrogen) atoms. The summed E-state index contributed by atoms with van der Waals surface area (Å²) in [5, 5.41) is 18.5. The fourth-order valence-corrected chi connectivity index (χ4v) is 3.99. The molecule has 2 N–H and O–H groups in total. The quantitative estimate of drug-likeness (QED) is 0.316. The molecule has 0 aliphatic rings. The SMILES string of the molecule is CCC(CC(C)(C)OC[C@@H](C)CC(C)(C)C(C)(C)OC[C@H](C)CN(C)C)OCC(O)CO. The Labute approximate surface area is 199 Å².